The Bertz CT molecular complexity index is 447. The average molecular weight is 205 g/mol. The molecule has 4 nitrogen and oxygen atoms in total. The fourth-order valence-electron chi connectivity index (χ4n) is 1.39. The quantitative estimate of drug-likeness (QED) is 0.720. The highest BCUT2D eigenvalue weighted by molar-refractivity contribution is 5.38. The third-order valence-corrected chi connectivity index (χ3v) is 2.16. The SMILES string of the molecule is N#CC1=C(N)ONC1c1ccc(F)cc1. The lowest BCUT2D eigenvalue weighted by atomic mass is 10.0. The van der Waals surface area contributed by atoms with Crippen molar-refractivity contribution < 1.29 is 9.23 Å². The van der Waals surface area contributed by atoms with Crippen LogP contribution in [0.25, 0.3) is 0 Å². The molecule has 1 aromatic rings. The van der Waals surface area contributed by atoms with E-state index in [0.717, 1.165) is 5.56 Å². The van der Waals surface area contributed by atoms with E-state index in [1.54, 1.807) is 12.1 Å². The molecule has 0 amide bonds. The minimum absolute atomic E-state index is 0.0619. The van der Waals surface area contributed by atoms with Gasteiger partial charge in [-0.3, -0.25) is 0 Å². The molecule has 5 heteroatoms. The molecule has 0 spiro atoms. The van der Waals surface area contributed by atoms with Gasteiger partial charge >= 0.3 is 0 Å². The largest absolute Gasteiger partial charge is 0.389 e. The first kappa shape index (κ1) is 9.49. The number of nitrogens with two attached hydrogens (primary N) is 1. The van der Waals surface area contributed by atoms with Gasteiger partial charge in [0.05, 0.1) is 0 Å². The minimum Gasteiger partial charge on any atom is -0.389 e. The number of hydrogen-bond donors (Lipinski definition) is 2. The Morgan fingerprint density at radius 1 is 1.40 bits per heavy atom. The number of nitrogens with zero attached hydrogens (tertiary/aromatic N) is 1. The fraction of sp³-hybridized carbons (Fsp3) is 0.100. The van der Waals surface area contributed by atoms with Crippen molar-refractivity contribution in [3.63, 3.8) is 0 Å². The van der Waals surface area contributed by atoms with Crippen LogP contribution in [0.5, 0.6) is 0 Å². The van der Waals surface area contributed by atoms with Crippen molar-refractivity contribution >= 4 is 0 Å². The van der Waals surface area contributed by atoms with Crippen LogP contribution in [0.4, 0.5) is 4.39 Å². The highest BCUT2D eigenvalue weighted by Crippen LogP contribution is 2.27. The van der Waals surface area contributed by atoms with Crippen molar-refractivity contribution in [3.8, 4) is 6.07 Å². The fourth-order valence-corrected chi connectivity index (χ4v) is 1.39. The van der Waals surface area contributed by atoms with Crippen LogP contribution in [0, 0.1) is 17.1 Å². The molecule has 1 heterocycles. The van der Waals surface area contributed by atoms with Gasteiger partial charge in [-0.25, -0.2) is 4.39 Å². The number of benzene rings is 1. The number of hydrogen-bond acceptors (Lipinski definition) is 4. The van der Waals surface area contributed by atoms with E-state index in [1.165, 1.54) is 12.1 Å². The van der Waals surface area contributed by atoms with Crippen molar-refractivity contribution in [1.82, 2.24) is 5.48 Å². The van der Waals surface area contributed by atoms with Gasteiger partial charge in [0.25, 0.3) is 0 Å². The zero-order valence-electron chi connectivity index (χ0n) is 7.70. The Balaban J connectivity index is 2.34. The summed E-state index contributed by atoms with van der Waals surface area (Å²) in [6.07, 6.45) is 0. The molecule has 0 aromatic heterocycles. The van der Waals surface area contributed by atoms with E-state index < -0.39 is 6.04 Å². The molecule has 1 aliphatic rings. The average Bonchev–Trinajstić information content (AvgIpc) is 2.61. The molecule has 2 rings (SSSR count). The molecule has 0 saturated carbocycles. The van der Waals surface area contributed by atoms with Gasteiger partial charge in [0.1, 0.15) is 23.5 Å². The molecule has 0 fully saturated rings. The highest BCUT2D eigenvalue weighted by atomic mass is 19.1. The molecule has 0 bridgehead atoms. The van der Waals surface area contributed by atoms with E-state index in [2.05, 4.69) is 5.48 Å². The predicted molar refractivity (Wildman–Crippen MR) is 50.2 cm³/mol. The van der Waals surface area contributed by atoms with Crippen LogP contribution in [-0.4, -0.2) is 0 Å². The number of nitriles is 1. The predicted octanol–water partition coefficient (Wildman–Crippen LogP) is 1.10. The first-order chi connectivity index (χ1) is 7.22. The van der Waals surface area contributed by atoms with Crippen LogP contribution < -0.4 is 11.2 Å². The third kappa shape index (κ3) is 1.63. The Labute approximate surface area is 85.7 Å². The second-order valence-electron chi connectivity index (χ2n) is 3.09. The summed E-state index contributed by atoms with van der Waals surface area (Å²) >= 11 is 0. The number of hydroxylamine groups is 1. The molecule has 1 aliphatic heterocycles. The normalized spacial score (nSPS) is 19.9. The standard InChI is InChI=1S/C10H8FN3O/c11-7-3-1-6(2-4-7)9-8(5-12)10(13)15-14-9/h1-4,9,14H,13H2. The monoisotopic (exact) mass is 205 g/mol. The molecular weight excluding hydrogens is 197 g/mol. The lowest BCUT2D eigenvalue weighted by Crippen LogP contribution is -2.15. The van der Waals surface area contributed by atoms with Gasteiger partial charge in [-0.05, 0) is 17.7 Å². The van der Waals surface area contributed by atoms with Crippen molar-refractivity contribution in [2.45, 2.75) is 6.04 Å². The summed E-state index contributed by atoms with van der Waals surface area (Å²) in [6.45, 7) is 0. The van der Waals surface area contributed by atoms with Crippen molar-refractivity contribution in [3.05, 3.63) is 47.1 Å². The number of nitrogens with one attached hydrogen (secondary N) is 1. The highest BCUT2D eigenvalue weighted by Gasteiger charge is 2.27. The molecular formula is C10H8FN3O. The van der Waals surface area contributed by atoms with Crippen molar-refractivity contribution in [1.29, 1.82) is 5.26 Å². The lowest BCUT2D eigenvalue weighted by molar-refractivity contribution is 0.114. The first-order valence-corrected chi connectivity index (χ1v) is 4.30. The van der Waals surface area contributed by atoms with Crippen molar-refractivity contribution in [2.24, 2.45) is 5.73 Å². The maximum Gasteiger partial charge on any atom is 0.225 e. The zero-order valence-corrected chi connectivity index (χ0v) is 7.70. The van der Waals surface area contributed by atoms with E-state index >= 15 is 0 Å². The number of halogens is 1. The summed E-state index contributed by atoms with van der Waals surface area (Å²) in [5.74, 6) is -0.264. The van der Waals surface area contributed by atoms with E-state index in [-0.39, 0.29) is 11.7 Å². The second kappa shape index (κ2) is 3.59. The van der Waals surface area contributed by atoms with Gasteiger partial charge in [0.15, 0.2) is 0 Å². The van der Waals surface area contributed by atoms with Gasteiger partial charge in [-0.15, -0.1) is 5.48 Å². The second-order valence-corrected chi connectivity index (χ2v) is 3.09. The van der Waals surface area contributed by atoms with E-state index in [9.17, 15) is 4.39 Å². The Morgan fingerprint density at radius 2 is 2.07 bits per heavy atom. The molecule has 3 N–H and O–H groups in total. The summed E-state index contributed by atoms with van der Waals surface area (Å²) < 4.78 is 12.7. The summed E-state index contributed by atoms with van der Waals surface area (Å²) in [4.78, 5) is 4.84. The minimum atomic E-state index is -0.421. The van der Waals surface area contributed by atoms with Crippen LogP contribution in [0.1, 0.15) is 11.6 Å². The molecule has 1 aromatic carbocycles. The summed E-state index contributed by atoms with van der Waals surface area (Å²) in [5, 5.41) is 8.84. The Kier molecular flexibility index (Phi) is 2.27. The van der Waals surface area contributed by atoms with Crippen LogP contribution in [0.2, 0.25) is 0 Å². The molecule has 0 saturated heterocycles. The third-order valence-electron chi connectivity index (χ3n) is 2.16. The molecule has 76 valence electrons. The molecule has 0 aliphatic carbocycles. The summed E-state index contributed by atoms with van der Waals surface area (Å²) in [6, 6.07) is 7.32. The van der Waals surface area contributed by atoms with Gasteiger partial charge in [0, 0.05) is 0 Å². The maximum absolute atomic E-state index is 12.7. The van der Waals surface area contributed by atoms with Crippen LogP contribution >= 0.6 is 0 Å². The topological polar surface area (TPSA) is 71.1 Å². The van der Waals surface area contributed by atoms with E-state index in [0.29, 0.717) is 5.57 Å². The Morgan fingerprint density at radius 3 is 2.67 bits per heavy atom. The molecule has 1 atom stereocenters. The van der Waals surface area contributed by atoms with Crippen molar-refractivity contribution in [2.75, 3.05) is 0 Å². The summed E-state index contributed by atoms with van der Waals surface area (Å²) in [5.41, 5.74) is 9.08. The van der Waals surface area contributed by atoms with E-state index in [4.69, 9.17) is 15.8 Å². The first-order valence-electron chi connectivity index (χ1n) is 4.30. The van der Waals surface area contributed by atoms with Crippen LogP contribution in [0.15, 0.2) is 35.7 Å². The van der Waals surface area contributed by atoms with Gasteiger partial charge in [-0.1, -0.05) is 12.1 Å². The lowest BCUT2D eigenvalue weighted by Gasteiger charge is -2.08. The van der Waals surface area contributed by atoms with Crippen LogP contribution in [0.3, 0.4) is 0 Å². The van der Waals surface area contributed by atoms with E-state index in [1.807, 2.05) is 6.07 Å². The van der Waals surface area contributed by atoms with Crippen LogP contribution in [-0.2, 0) is 4.84 Å². The molecule has 1 unspecified atom stereocenters. The van der Waals surface area contributed by atoms with Gasteiger partial charge in [-0.2, -0.15) is 5.26 Å². The Hall–Kier alpha value is -2.06. The number of rotatable bonds is 1. The smallest absolute Gasteiger partial charge is 0.225 e. The van der Waals surface area contributed by atoms with Gasteiger partial charge < -0.3 is 10.6 Å². The summed E-state index contributed by atoms with van der Waals surface area (Å²) in [7, 11) is 0. The molecule has 0 radical (unpaired) electrons. The zero-order chi connectivity index (χ0) is 10.8. The molecule has 15 heavy (non-hydrogen) atoms. The van der Waals surface area contributed by atoms with Gasteiger partial charge in [0.2, 0.25) is 5.88 Å². The maximum atomic E-state index is 12.7.